The third-order valence-electron chi connectivity index (χ3n) is 3.32. The Morgan fingerprint density at radius 3 is 2.40 bits per heavy atom. The molecule has 0 amide bonds. The summed E-state index contributed by atoms with van der Waals surface area (Å²) in [7, 11) is 0. The first-order valence-corrected chi connectivity index (χ1v) is 10.2. The highest BCUT2D eigenvalue weighted by molar-refractivity contribution is 7.99. The zero-order chi connectivity index (χ0) is 18.3. The number of unbranched alkanes of at least 4 members (excludes halogenated alkanes) is 1. The van der Waals surface area contributed by atoms with Crippen molar-refractivity contribution in [1.29, 1.82) is 0 Å². The molecule has 0 aromatic heterocycles. The standard InChI is InChI=1S/C16H26O7S2/c17-14(23-10-13-4-3-8-20-13)5-9-25-12-16(19)22-7-2-1-6-21-15(18)11-24/h13,24H,1-12H2. The molecule has 25 heavy (non-hydrogen) atoms. The Morgan fingerprint density at radius 1 is 1.04 bits per heavy atom. The monoisotopic (exact) mass is 394 g/mol. The van der Waals surface area contributed by atoms with Crippen LogP contribution in [0.5, 0.6) is 0 Å². The number of thioether (sulfide) groups is 1. The van der Waals surface area contributed by atoms with Crippen molar-refractivity contribution in [3.63, 3.8) is 0 Å². The van der Waals surface area contributed by atoms with Crippen LogP contribution in [0.3, 0.4) is 0 Å². The molecule has 0 N–H and O–H groups in total. The van der Waals surface area contributed by atoms with Crippen molar-refractivity contribution >= 4 is 42.3 Å². The maximum Gasteiger partial charge on any atom is 0.315 e. The summed E-state index contributed by atoms with van der Waals surface area (Å²) in [6.45, 7) is 1.65. The van der Waals surface area contributed by atoms with Crippen LogP contribution in [0.2, 0.25) is 0 Å². The van der Waals surface area contributed by atoms with Crippen molar-refractivity contribution in [1.82, 2.24) is 0 Å². The Hall–Kier alpha value is -0.930. The summed E-state index contributed by atoms with van der Waals surface area (Å²) >= 11 is 5.13. The molecule has 0 aromatic carbocycles. The molecule has 1 fully saturated rings. The molecular formula is C16H26O7S2. The van der Waals surface area contributed by atoms with E-state index in [0.717, 1.165) is 19.4 Å². The second-order valence-corrected chi connectivity index (χ2v) is 6.85. The van der Waals surface area contributed by atoms with Crippen molar-refractivity contribution in [2.75, 3.05) is 43.7 Å². The molecule has 1 aliphatic rings. The minimum absolute atomic E-state index is 0.0352. The predicted octanol–water partition coefficient (Wildman–Crippen LogP) is 1.63. The van der Waals surface area contributed by atoms with E-state index in [-0.39, 0.29) is 41.9 Å². The number of carbonyl (C=O) groups excluding carboxylic acids is 3. The van der Waals surface area contributed by atoms with Gasteiger partial charge in [0.25, 0.3) is 0 Å². The van der Waals surface area contributed by atoms with Gasteiger partial charge in [-0.15, -0.1) is 11.8 Å². The predicted molar refractivity (Wildman–Crippen MR) is 96.9 cm³/mol. The maximum absolute atomic E-state index is 11.5. The van der Waals surface area contributed by atoms with E-state index >= 15 is 0 Å². The summed E-state index contributed by atoms with van der Waals surface area (Å²) < 4.78 is 20.4. The van der Waals surface area contributed by atoms with Gasteiger partial charge in [-0.2, -0.15) is 12.6 Å². The molecule has 1 aliphatic heterocycles. The summed E-state index contributed by atoms with van der Waals surface area (Å²) in [6.07, 6.45) is 3.52. The molecule has 0 aliphatic carbocycles. The summed E-state index contributed by atoms with van der Waals surface area (Å²) in [5.74, 6) is -0.163. The number of hydrogen-bond donors (Lipinski definition) is 1. The van der Waals surface area contributed by atoms with Crippen molar-refractivity contribution < 1.29 is 33.3 Å². The fourth-order valence-electron chi connectivity index (χ4n) is 2.01. The summed E-state index contributed by atoms with van der Waals surface area (Å²) in [4.78, 5) is 33.9. The first-order chi connectivity index (χ1) is 12.1. The number of thiol groups is 1. The van der Waals surface area contributed by atoms with Crippen LogP contribution in [-0.4, -0.2) is 67.7 Å². The van der Waals surface area contributed by atoms with Crippen LogP contribution in [0.1, 0.15) is 32.1 Å². The molecule has 1 unspecified atom stereocenters. The van der Waals surface area contributed by atoms with Gasteiger partial charge >= 0.3 is 17.9 Å². The zero-order valence-electron chi connectivity index (χ0n) is 14.3. The number of rotatable bonds is 13. The van der Waals surface area contributed by atoms with Gasteiger partial charge in [0.1, 0.15) is 6.61 Å². The van der Waals surface area contributed by atoms with E-state index in [0.29, 0.717) is 38.4 Å². The van der Waals surface area contributed by atoms with Crippen LogP contribution in [0.4, 0.5) is 0 Å². The third kappa shape index (κ3) is 12.1. The van der Waals surface area contributed by atoms with Gasteiger partial charge in [0.2, 0.25) is 0 Å². The summed E-state index contributed by atoms with van der Waals surface area (Å²) in [5.41, 5.74) is 0. The normalized spacial score (nSPS) is 16.4. The van der Waals surface area contributed by atoms with Crippen LogP contribution in [0, 0.1) is 0 Å². The second-order valence-electron chi connectivity index (χ2n) is 5.43. The Morgan fingerprint density at radius 2 is 1.76 bits per heavy atom. The van der Waals surface area contributed by atoms with Gasteiger partial charge in [-0.25, -0.2) is 0 Å². The van der Waals surface area contributed by atoms with Gasteiger partial charge in [0, 0.05) is 12.4 Å². The van der Waals surface area contributed by atoms with Crippen molar-refractivity contribution in [3.05, 3.63) is 0 Å². The van der Waals surface area contributed by atoms with E-state index in [9.17, 15) is 14.4 Å². The number of hydrogen-bond acceptors (Lipinski definition) is 9. The fraction of sp³-hybridized carbons (Fsp3) is 0.812. The Labute approximate surface area is 157 Å². The smallest absolute Gasteiger partial charge is 0.315 e. The number of ether oxygens (including phenoxy) is 4. The SMILES string of the molecule is O=C(CS)OCCCCOC(=O)CSCCC(=O)OCC1CCCO1. The van der Waals surface area contributed by atoms with Gasteiger partial charge in [-0.3, -0.25) is 14.4 Å². The highest BCUT2D eigenvalue weighted by Gasteiger charge is 2.17. The van der Waals surface area contributed by atoms with Crippen LogP contribution in [0.25, 0.3) is 0 Å². The van der Waals surface area contributed by atoms with E-state index in [4.69, 9.17) is 18.9 Å². The largest absolute Gasteiger partial charge is 0.465 e. The molecule has 0 radical (unpaired) electrons. The zero-order valence-corrected chi connectivity index (χ0v) is 16.0. The Balaban J connectivity index is 1.87. The topological polar surface area (TPSA) is 88.1 Å². The van der Waals surface area contributed by atoms with Crippen LogP contribution in [-0.2, 0) is 33.3 Å². The van der Waals surface area contributed by atoms with Gasteiger partial charge in [-0.1, -0.05) is 0 Å². The lowest BCUT2D eigenvalue weighted by atomic mass is 10.2. The maximum atomic E-state index is 11.5. The highest BCUT2D eigenvalue weighted by Crippen LogP contribution is 2.12. The lowest BCUT2D eigenvalue weighted by Gasteiger charge is -2.10. The van der Waals surface area contributed by atoms with Gasteiger partial charge in [0.15, 0.2) is 0 Å². The van der Waals surface area contributed by atoms with Crippen molar-refractivity contribution in [2.24, 2.45) is 0 Å². The Kier molecular flexibility index (Phi) is 12.6. The average molecular weight is 395 g/mol. The van der Waals surface area contributed by atoms with Gasteiger partial charge in [-0.05, 0) is 25.7 Å². The van der Waals surface area contributed by atoms with E-state index < -0.39 is 0 Å². The van der Waals surface area contributed by atoms with E-state index in [2.05, 4.69) is 12.6 Å². The molecule has 0 saturated carbocycles. The average Bonchev–Trinajstić information content (AvgIpc) is 3.13. The summed E-state index contributed by atoms with van der Waals surface area (Å²) in [6, 6.07) is 0. The molecule has 7 nitrogen and oxygen atoms in total. The third-order valence-corrected chi connectivity index (χ3v) is 4.51. The van der Waals surface area contributed by atoms with Crippen molar-refractivity contribution in [3.8, 4) is 0 Å². The molecule has 144 valence electrons. The molecule has 0 bridgehead atoms. The summed E-state index contributed by atoms with van der Waals surface area (Å²) in [5, 5.41) is 0. The molecule has 9 heteroatoms. The minimum atomic E-state index is -0.356. The van der Waals surface area contributed by atoms with E-state index in [1.807, 2.05) is 0 Å². The Bertz CT molecular complexity index is 411. The number of carbonyl (C=O) groups is 3. The molecule has 0 aromatic rings. The lowest BCUT2D eigenvalue weighted by Crippen LogP contribution is -2.18. The molecular weight excluding hydrogens is 368 g/mol. The number of esters is 3. The van der Waals surface area contributed by atoms with Crippen LogP contribution >= 0.6 is 24.4 Å². The molecule has 1 heterocycles. The van der Waals surface area contributed by atoms with Crippen LogP contribution < -0.4 is 0 Å². The van der Waals surface area contributed by atoms with Crippen molar-refractivity contribution in [2.45, 2.75) is 38.2 Å². The molecule has 1 rings (SSSR count). The minimum Gasteiger partial charge on any atom is -0.465 e. The van der Waals surface area contributed by atoms with E-state index in [1.165, 1.54) is 11.8 Å². The lowest BCUT2D eigenvalue weighted by molar-refractivity contribution is -0.146. The van der Waals surface area contributed by atoms with Crippen LogP contribution in [0.15, 0.2) is 0 Å². The molecule has 1 saturated heterocycles. The second kappa shape index (κ2) is 14.3. The highest BCUT2D eigenvalue weighted by atomic mass is 32.2. The van der Waals surface area contributed by atoms with Gasteiger partial charge < -0.3 is 18.9 Å². The first kappa shape index (κ1) is 22.1. The quantitative estimate of drug-likeness (QED) is 0.218. The fourth-order valence-corrected chi connectivity index (χ4v) is 2.80. The van der Waals surface area contributed by atoms with Gasteiger partial charge in [0.05, 0.1) is 37.2 Å². The molecule has 1 atom stereocenters. The molecule has 0 spiro atoms. The first-order valence-electron chi connectivity index (χ1n) is 8.39. The van der Waals surface area contributed by atoms with E-state index in [1.54, 1.807) is 0 Å².